The molecule has 1 aliphatic heterocycles. The van der Waals surface area contributed by atoms with Crippen LogP contribution in [0.15, 0.2) is 24.3 Å². The normalized spacial score (nSPS) is 15.6. The van der Waals surface area contributed by atoms with Crippen molar-refractivity contribution >= 4 is 17.7 Å². The summed E-state index contributed by atoms with van der Waals surface area (Å²) in [4.78, 5) is 23.6. The van der Waals surface area contributed by atoms with Gasteiger partial charge in [0.2, 0.25) is 0 Å². The molecule has 0 spiro atoms. The van der Waals surface area contributed by atoms with Gasteiger partial charge in [-0.2, -0.15) is 5.26 Å². The van der Waals surface area contributed by atoms with Gasteiger partial charge in [-0.3, -0.25) is 9.69 Å². The molecule has 1 saturated heterocycles. The molecule has 16 heavy (non-hydrogen) atoms. The lowest BCUT2D eigenvalue weighted by molar-refractivity contribution is -0.138. The van der Waals surface area contributed by atoms with E-state index in [0.29, 0.717) is 11.3 Å². The largest absolute Gasteiger partial charge is 0.422 e. The minimum Gasteiger partial charge on any atom is -0.376 e. The Kier molecular flexibility index (Phi) is 2.56. The fraction of sp³-hybridized carbons (Fsp3) is 0.182. The van der Waals surface area contributed by atoms with E-state index in [9.17, 15) is 9.59 Å². The number of cyclic esters (lactones) is 2. The number of anilines is 1. The second kappa shape index (κ2) is 4.03. The molecule has 0 aliphatic carbocycles. The average molecular weight is 216 g/mol. The number of ether oxygens (including phenoxy) is 1. The Labute approximate surface area is 91.8 Å². The maximum atomic E-state index is 11.4. The quantitative estimate of drug-likeness (QED) is 0.526. The number of para-hydroxylation sites is 1. The molecule has 0 aromatic heterocycles. The van der Waals surface area contributed by atoms with Crippen molar-refractivity contribution < 1.29 is 14.3 Å². The van der Waals surface area contributed by atoms with Crippen LogP contribution in [0.1, 0.15) is 12.0 Å². The molecule has 80 valence electrons. The summed E-state index contributed by atoms with van der Waals surface area (Å²) in [6.45, 7) is 0.246. The summed E-state index contributed by atoms with van der Waals surface area (Å²) in [6, 6.07) is 8.68. The van der Waals surface area contributed by atoms with Crippen molar-refractivity contribution in [3.05, 3.63) is 29.8 Å². The highest BCUT2D eigenvalue weighted by molar-refractivity contribution is 5.98. The number of hydrogen-bond donors (Lipinski definition) is 0. The van der Waals surface area contributed by atoms with E-state index in [4.69, 9.17) is 5.26 Å². The number of amides is 1. The topological polar surface area (TPSA) is 70.4 Å². The van der Waals surface area contributed by atoms with Crippen molar-refractivity contribution in [3.8, 4) is 6.07 Å². The molecule has 1 heterocycles. The first-order valence-corrected chi connectivity index (χ1v) is 4.73. The number of hydrogen-bond acceptors (Lipinski definition) is 4. The fourth-order valence-corrected chi connectivity index (χ4v) is 1.52. The van der Waals surface area contributed by atoms with Gasteiger partial charge in [0.05, 0.1) is 17.7 Å². The predicted molar refractivity (Wildman–Crippen MR) is 54.6 cm³/mol. The molecule has 0 unspecified atom stereocenters. The van der Waals surface area contributed by atoms with Crippen LogP contribution in [0.2, 0.25) is 0 Å². The van der Waals surface area contributed by atoms with Crippen LogP contribution in [0.5, 0.6) is 0 Å². The Morgan fingerprint density at radius 2 is 2.06 bits per heavy atom. The van der Waals surface area contributed by atoms with Gasteiger partial charge >= 0.3 is 12.1 Å². The van der Waals surface area contributed by atoms with Crippen molar-refractivity contribution in [2.45, 2.75) is 6.42 Å². The second-order valence-electron chi connectivity index (χ2n) is 3.27. The third-order valence-electron chi connectivity index (χ3n) is 2.28. The van der Waals surface area contributed by atoms with Gasteiger partial charge in [0.15, 0.2) is 0 Å². The summed E-state index contributed by atoms with van der Waals surface area (Å²) >= 11 is 0. The van der Waals surface area contributed by atoms with Crippen LogP contribution >= 0.6 is 0 Å². The molecule has 0 N–H and O–H groups in total. The van der Waals surface area contributed by atoms with Crippen molar-refractivity contribution in [1.82, 2.24) is 0 Å². The highest BCUT2D eigenvalue weighted by atomic mass is 16.6. The Morgan fingerprint density at radius 3 is 2.75 bits per heavy atom. The molecule has 1 aromatic rings. The molecule has 1 aliphatic rings. The number of benzene rings is 1. The van der Waals surface area contributed by atoms with Crippen LogP contribution in [-0.2, 0) is 9.53 Å². The lowest BCUT2D eigenvalue weighted by atomic mass is 10.1. The standard InChI is InChI=1S/C11H8N2O3/c12-7-8-3-1-2-4-9(8)13-6-5-10(14)16-11(13)15/h1-4H,5-6H2. The average Bonchev–Trinajstić information content (AvgIpc) is 2.29. The minimum atomic E-state index is -0.723. The summed E-state index contributed by atoms with van der Waals surface area (Å²) in [5.41, 5.74) is 0.858. The van der Waals surface area contributed by atoms with Gasteiger partial charge in [-0.05, 0) is 12.1 Å². The van der Waals surface area contributed by atoms with Crippen molar-refractivity contribution in [2.24, 2.45) is 0 Å². The highest BCUT2D eigenvalue weighted by Gasteiger charge is 2.27. The van der Waals surface area contributed by atoms with Crippen LogP contribution in [0, 0.1) is 11.3 Å². The molecule has 0 radical (unpaired) electrons. The predicted octanol–water partition coefficient (Wildman–Crippen LogP) is 1.43. The fourth-order valence-electron chi connectivity index (χ4n) is 1.52. The molecule has 5 heteroatoms. The number of nitrogens with zero attached hydrogens (tertiary/aromatic N) is 2. The van der Waals surface area contributed by atoms with E-state index in [-0.39, 0.29) is 13.0 Å². The minimum absolute atomic E-state index is 0.144. The van der Waals surface area contributed by atoms with Gasteiger partial charge in [-0.15, -0.1) is 0 Å². The molecule has 0 saturated carbocycles. The first-order valence-electron chi connectivity index (χ1n) is 4.73. The molecular weight excluding hydrogens is 208 g/mol. The maximum Gasteiger partial charge on any atom is 0.422 e. The monoisotopic (exact) mass is 216 g/mol. The molecule has 1 amide bonds. The number of esters is 1. The van der Waals surface area contributed by atoms with Gasteiger partial charge < -0.3 is 4.74 Å². The van der Waals surface area contributed by atoms with Crippen LogP contribution in [-0.4, -0.2) is 18.6 Å². The Hall–Kier alpha value is -2.35. The van der Waals surface area contributed by atoms with Gasteiger partial charge in [-0.1, -0.05) is 12.1 Å². The van der Waals surface area contributed by atoms with Crippen molar-refractivity contribution in [1.29, 1.82) is 5.26 Å². The van der Waals surface area contributed by atoms with E-state index in [0.717, 1.165) is 0 Å². The number of carbonyl (C=O) groups is 2. The number of rotatable bonds is 1. The lowest BCUT2D eigenvalue weighted by Gasteiger charge is -2.25. The maximum absolute atomic E-state index is 11.4. The summed E-state index contributed by atoms with van der Waals surface area (Å²) in [5.74, 6) is -0.532. The van der Waals surface area contributed by atoms with Crippen LogP contribution in [0.4, 0.5) is 10.5 Å². The molecular formula is C11H8N2O3. The van der Waals surface area contributed by atoms with Crippen LogP contribution in [0.3, 0.4) is 0 Å². The Balaban J connectivity index is 2.34. The van der Waals surface area contributed by atoms with Gasteiger partial charge in [0, 0.05) is 6.54 Å². The Bertz CT molecular complexity index is 490. The highest BCUT2D eigenvalue weighted by Crippen LogP contribution is 2.22. The van der Waals surface area contributed by atoms with Crippen LogP contribution in [0.25, 0.3) is 0 Å². The summed E-state index contributed by atoms with van der Waals surface area (Å²) in [6.07, 6.45) is -0.579. The molecule has 1 aromatic carbocycles. The molecule has 1 fully saturated rings. The summed E-state index contributed by atoms with van der Waals surface area (Å²) in [7, 11) is 0. The number of nitriles is 1. The van der Waals surface area contributed by atoms with E-state index in [2.05, 4.69) is 4.74 Å². The van der Waals surface area contributed by atoms with Crippen LogP contribution < -0.4 is 4.90 Å². The Morgan fingerprint density at radius 1 is 1.31 bits per heavy atom. The molecule has 0 atom stereocenters. The van der Waals surface area contributed by atoms with E-state index in [1.165, 1.54) is 4.90 Å². The van der Waals surface area contributed by atoms with E-state index >= 15 is 0 Å². The lowest BCUT2D eigenvalue weighted by Crippen LogP contribution is -2.40. The SMILES string of the molecule is N#Cc1ccccc1N1CCC(=O)OC1=O. The van der Waals surface area contributed by atoms with E-state index in [1.807, 2.05) is 6.07 Å². The second-order valence-corrected chi connectivity index (χ2v) is 3.27. The zero-order valence-corrected chi connectivity index (χ0v) is 8.34. The first kappa shape index (κ1) is 10.2. The van der Waals surface area contributed by atoms with Gasteiger partial charge in [-0.25, -0.2) is 4.79 Å². The molecule has 0 bridgehead atoms. The van der Waals surface area contributed by atoms with E-state index in [1.54, 1.807) is 24.3 Å². The zero-order valence-electron chi connectivity index (χ0n) is 8.34. The first-order chi connectivity index (χ1) is 7.72. The van der Waals surface area contributed by atoms with E-state index < -0.39 is 12.1 Å². The summed E-state index contributed by atoms with van der Waals surface area (Å²) in [5, 5.41) is 8.89. The number of carbonyl (C=O) groups excluding carboxylic acids is 2. The van der Waals surface area contributed by atoms with Gasteiger partial charge in [0.1, 0.15) is 6.07 Å². The third-order valence-corrected chi connectivity index (χ3v) is 2.28. The summed E-state index contributed by atoms with van der Waals surface area (Å²) < 4.78 is 4.49. The molecule has 2 rings (SSSR count). The third kappa shape index (κ3) is 1.73. The smallest absolute Gasteiger partial charge is 0.376 e. The van der Waals surface area contributed by atoms with Crippen molar-refractivity contribution in [2.75, 3.05) is 11.4 Å². The van der Waals surface area contributed by atoms with Gasteiger partial charge in [0.25, 0.3) is 0 Å². The van der Waals surface area contributed by atoms with Crippen molar-refractivity contribution in [3.63, 3.8) is 0 Å². The molecule has 5 nitrogen and oxygen atoms in total. The zero-order chi connectivity index (χ0) is 11.5.